The summed E-state index contributed by atoms with van der Waals surface area (Å²) in [6.45, 7) is 0.404. The molecule has 7 N–H and O–H groups in total. The third kappa shape index (κ3) is 5.54. The molecule has 236 valence electrons. The number of pyridine rings is 1. The van der Waals surface area contributed by atoms with Crippen molar-refractivity contribution in [1.82, 2.24) is 19.8 Å². The molecule has 3 aromatic heterocycles. The molecule has 1 saturated heterocycles. The number of aromatic nitrogens is 3. The summed E-state index contributed by atoms with van der Waals surface area (Å²) in [6, 6.07) is 8.97. The second kappa shape index (κ2) is 12.2. The van der Waals surface area contributed by atoms with E-state index in [1.54, 1.807) is 18.3 Å². The van der Waals surface area contributed by atoms with Crippen molar-refractivity contribution in [3.05, 3.63) is 88.1 Å². The van der Waals surface area contributed by atoms with Gasteiger partial charge in [-0.05, 0) is 12.1 Å². The van der Waals surface area contributed by atoms with Gasteiger partial charge in [0.25, 0.3) is 11.8 Å². The highest BCUT2D eigenvalue weighted by Gasteiger charge is 2.55. The largest absolute Gasteiger partial charge is 0.477 e. The van der Waals surface area contributed by atoms with Gasteiger partial charge in [-0.2, -0.15) is 4.57 Å². The lowest BCUT2D eigenvalue weighted by atomic mass is 10.0. The van der Waals surface area contributed by atoms with Crippen LogP contribution in [0.5, 0.6) is 0 Å². The van der Waals surface area contributed by atoms with Crippen molar-refractivity contribution in [2.45, 2.75) is 24.5 Å². The number of carboxylic acids is 1. The summed E-state index contributed by atoms with van der Waals surface area (Å²) >= 11 is 2.45. The molecule has 1 aromatic carbocycles. The molecular formula is C29H27FN9O5S2+. The molecule has 0 bridgehead atoms. The number of fused-ring (bicyclic) bond motifs is 2. The highest BCUT2D eigenvalue weighted by Crippen LogP contribution is 2.40. The van der Waals surface area contributed by atoms with Crippen molar-refractivity contribution in [1.29, 1.82) is 5.41 Å². The van der Waals surface area contributed by atoms with Crippen molar-refractivity contribution in [2.75, 3.05) is 18.6 Å². The molecule has 0 saturated carbocycles. The van der Waals surface area contributed by atoms with E-state index in [0.717, 1.165) is 22.4 Å². The molecule has 0 spiro atoms. The number of hydrogen-bond acceptors (Lipinski definition) is 10. The van der Waals surface area contributed by atoms with Crippen LogP contribution in [0, 0.1) is 11.2 Å². The number of benzene rings is 1. The zero-order valence-corrected chi connectivity index (χ0v) is 25.8. The fourth-order valence-corrected chi connectivity index (χ4v) is 7.31. The number of nitrogen functional groups attached to an aromatic ring is 2. The number of nitrogens with one attached hydrogen (secondary N) is 2. The lowest BCUT2D eigenvalue weighted by molar-refractivity contribution is -0.663. The average Bonchev–Trinajstić information content (AvgIpc) is 3.65. The maximum atomic E-state index is 14.8. The van der Waals surface area contributed by atoms with Gasteiger partial charge in [0.1, 0.15) is 47.1 Å². The van der Waals surface area contributed by atoms with E-state index in [9.17, 15) is 23.9 Å². The van der Waals surface area contributed by atoms with Crippen LogP contribution in [0.1, 0.15) is 16.8 Å². The van der Waals surface area contributed by atoms with Gasteiger partial charge in [0, 0.05) is 46.2 Å². The number of amides is 2. The van der Waals surface area contributed by atoms with E-state index in [1.807, 2.05) is 33.5 Å². The lowest BCUT2D eigenvalue weighted by Crippen LogP contribution is -2.71. The smallest absolute Gasteiger partial charge is 0.352 e. The first-order chi connectivity index (χ1) is 22.1. The molecule has 0 unspecified atom stereocenters. The predicted molar refractivity (Wildman–Crippen MR) is 168 cm³/mol. The highest BCUT2D eigenvalue weighted by molar-refractivity contribution is 8.00. The predicted octanol–water partition coefficient (Wildman–Crippen LogP) is 1.23. The van der Waals surface area contributed by atoms with Crippen LogP contribution in [0.25, 0.3) is 11.0 Å². The number of aliphatic carboxylic acids is 1. The zero-order valence-electron chi connectivity index (χ0n) is 24.1. The number of thioether (sulfide) groups is 1. The number of hydrogen-bond donors (Lipinski definition) is 5. The Morgan fingerprint density at radius 1 is 1.33 bits per heavy atom. The van der Waals surface area contributed by atoms with E-state index in [0.29, 0.717) is 22.5 Å². The highest BCUT2D eigenvalue weighted by atomic mass is 32.2. The Bertz CT molecular complexity index is 1990. The van der Waals surface area contributed by atoms with Gasteiger partial charge >= 0.3 is 5.97 Å². The van der Waals surface area contributed by atoms with Gasteiger partial charge in [0.15, 0.2) is 23.6 Å². The molecular weight excluding hydrogens is 638 g/mol. The minimum atomic E-state index is -1.26. The van der Waals surface area contributed by atoms with Crippen LogP contribution in [0.4, 0.5) is 9.52 Å². The molecule has 2 atom stereocenters. The molecule has 1 fully saturated rings. The Morgan fingerprint density at radius 2 is 2.13 bits per heavy atom. The van der Waals surface area contributed by atoms with Crippen LogP contribution in [-0.2, 0) is 32.3 Å². The summed E-state index contributed by atoms with van der Waals surface area (Å²) < 4.78 is 18.5. The number of thiazole rings is 1. The van der Waals surface area contributed by atoms with E-state index < -0.39 is 35.0 Å². The monoisotopic (exact) mass is 664 g/mol. The number of rotatable bonds is 10. The molecule has 46 heavy (non-hydrogen) atoms. The second-order valence-corrected chi connectivity index (χ2v) is 12.4. The molecule has 6 rings (SSSR count). The minimum Gasteiger partial charge on any atom is -0.477 e. The molecule has 0 radical (unpaired) electrons. The molecule has 0 aliphatic carbocycles. The van der Waals surface area contributed by atoms with Crippen LogP contribution in [0.15, 0.2) is 70.6 Å². The fraction of sp³-hybridized carbons (Fsp3) is 0.207. The van der Waals surface area contributed by atoms with Crippen molar-refractivity contribution >= 4 is 68.6 Å². The zero-order chi connectivity index (χ0) is 32.7. The van der Waals surface area contributed by atoms with Crippen LogP contribution in [0.3, 0.4) is 0 Å². The van der Waals surface area contributed by atoms with Gasteiger partial charge in [0.2, 0.25) is 5.52 Å². The molecule has 14 nitrogen and oxygen atoms in total. The number of oxime groups is 1. The number of carbonyl (C=O) groups excluding carboxylic acids is 2. The van der Waals surface area contributed by atoms with E-state index in [-0.39, 0.29) is 41.2 Å². The summed E-state index contributed by atoms with van der Waals surface area (Å²) in [5, 5.41) is 25.2. The van der Waals surface area contributed by atoms with Gasteiger partial charge in [-0.25, -0.2) is 14.2 Å². The molecule has 2 amide bonds. The fourth-order valence-electron chi connectivity index (χ4n) is 5.43. The molecule has 2 aliphatic rings. The summed E-state index contributed by atoms with van der Waals surface area (Å²) in [7, 11) is 1.27. The third-order valence-corrected chi connectivity index (χ3v) is 9.59. The molecule has 2 aliphatic heterocycles. The lowest BCUT2D eigenvalue weighted by Gasteiger charge is -2.49. The van der Waals surface area contributed by atoms with E-state index in [2.05, 4.69) is 15.5 Å². The summed E-state index contributed by atoms with van der Waals surface area (Å²) in [4.78, 5) is 48.9. The Morgan fingerprint density at radius 3 is 2.80 bits per heavy atom. The van der Waals surface area contributed by atoms with Crippen LogP contribution >= 0.6 is 23.1 Å². The Balaban J connectivity index is 1.22. The van der Waals surface area contributed by atoms with E-state index in [1.165, 1.54) is 35.2 Å². The maximum absolute atomic E-state index is 14.8. The van der Waals surface area contributed by atoms with Gasteiger partial charge in [-0.1, -0.05) is 17.3 Å². The van der Waals surface area contributed by atoms with Crippen molar-refractivity contribution < 1.29 is 33.3 Å². The normalized spacial score (nSPS) is 17.9. The number of β-lactam (4-membered cyclic amide) rings is 1. The van der Waals surface area contributed by atoms with Gasteiger partial charge in [0.05, 0.1) is 6.54 Å². The van der Waals surface area contributed by atoms with Crippen LogP contribution in [0.2, 0.25) is 0 Å². The van der Waals surface area contributed by atoms with Crippen LogP contribution < -0.4 is 21.4 Å². The summed E-state index contributed by atoms with van der Waals surface area (Å²) in [5.41, 5.74) is 13.8. The van der Waals surface area contributed by atoms with Crippen LogP contribution in [-0.4, -0.2) is 73.2 Å². The summed E-state index contributed by atoms with van der Waals surface area (Å²) in [6.07, 6.45) is 3.62. The first-order valence-corrected chi connectivity index (χ1v) is 15.6. The summed E-state index contributed by atoms with van der Waals surface area (Å²) in [5.74, 6) is -2.94. The maximum Gasteiger partial charge on any atom is 0.352 e. The Labute approximate surface area is 268 Å². The molecule has 17 heteroatoms. The first-order valence-electron chi connectivity index (χ1n) is 13.7. The number of carbonyl (C=O) groups is 3. The second-order valence-electron chi connectivity index (χ2n) is 10.4. The van der Waals surface area contributed by atoms with E-state index >= 15 is 0 Å². The van der Waals surface area contributed by atoms with Crippen molar-refractivity contribution in [2.24, 2.45) is 10.9 Å². The quantitative estimate of drug-likeness (QED) is 0.0543. The SMILES string of the molecule is CO/N=C(\C(=O)N[C@@H]1C(=O)N2C(C(=O)O)=C(C[n+]3cccc4c3ccn4Cc3ccc(C(=N)N)cc3F)CS[C@H]12)c1csc(N)n1. The van der Waals surface area contributed by atoms with Gasteiger partial charge in [-0.15, -0.1) is 23.1 Å². The number of nitrogens with two attached hydrogens (primary N) is 2. The van der Waals surface area contributed by atoms with Crippen molar-refractivity contribution in [3.8, 4) is 0 Å². The van der Waals surface area contributed by atoms with Gasteiger partial charge in [-0.3, -0.25) is 19.9 Å². The third-order valence-electron chi connectivity index (χ3n) is 7.58. The number of amidine groups is 1. The molecule has 5 heterocycles. The van der Waals surface area contributed by atoms with E-state index in [4.69, 9.17) is 21.7 Å². The number of carboxylic acid groups (broad SMARTS) is 1. The number of anilines is 1. The average molecular weight is 665 g/mol. The minimum absolute atomic E-state index is 0.131. The number of halogens is 1. The first kappa shape index (κ1) is 30.7. The standard InChI is InChI=1S/C29H26FN9O5S2/c1-44-36-21(18-13-46-29(33)34-18)25(40)35-22-26(41)39-23(28(42)43)16(12-45-27(22)39)11-37-7-2-3-19-20(37)6-8-38(19)10-15-5-4-14(24(31)32)9-17(15)30/h2-9,13,22,27H,10-12H2,1H3,(H6-,31,32,33,34,35,40,42,43)/p+1/b36-21-/t22-,27-/m1/s1. The molecule has 4 aromatic rings. The Kier molecular flexibility index (Phi) is 8.18. The topological polar surface area (TPSA) is 206 Å². The Hall–Kier alpha value is -5.29. The van der Waals surface area contributed by atoms with Crippen molar-refractivity contribution in [3.63, 3.8) is 0 Å². The number of nitrogens with zero attached hydrogens (tertiary/aromatic N) is 5. The van der Waals surface area contributed by atoms with Gasteiger partial charge < -0.3 is 31.3 Å².